The summed E-state index contributed by atoms with van der Waals surface area (Å²) in [6, 6.07) is 14.6. The molecule has 4 saturated carbocycles. The Morgan fingerprint density at radius 2 is 1.52 bits per heavy atom. The fourth-order valence-electron chi connectivity index (χ4n) is 7.03. The molecule has 4 aliphatic rings. The summed E-state index contributed by atoms with van der Waals surface area (Å²) in [5.41, 5.74) is 9.25. The summed E-state index contributed by atoms with van der Waals surface area (Å²) < 4.78 is 0. The van der Waals surface area contributed by atoms with Crippen molar-refractivity contribution in [3.8, 4) is 0 Å². The quantitative estimate of drug-likeness (QED) is 0.476. The Balaban J connectivity index is 1.31. The molecule has 4 bridgehead atoms. The molecule has 0 radical (unpaired) electrons. The number of rotatable bonds is 7. The Hall–Kier alpha value is -3.02. The van der Waals surface area contributed by atoms with Crippen LogP contribution >= 0.6 is 0 Å². The fraction of sp³-hybridized carbons (Fsp3) is 0.481. The Morgan fingerprint density at radius 1 is 0.939 bits per heavy atom. The zero-order valence-electron chi connectivity index (χ0n) is 19.3. The minimum absolute atomic E-state index is 0.111. The second-order valence-corrected chi connectivity index (χ2v) is 10.5. The average Bonchev–Trinajstić information content (AvgIpc) is 2.73. The second kappa shape index (κ2) is 8.73. The van der Waals surface area contributed by atoms with Gasteiger partial charge in [0.15, 0.2) is 0 Å². The lowest BCUT2D eigenvalue weighted by molar-refractivity contribution is -0.116. The lowest BCUT2D eigenvalue weighted by Gasteiger charge is -2.57. The van der Waals surface area contributed by atoms with E-state index < -0.39 is 12.1 Å². The lowest BCUT2D eigenvalue weighted by Crippen LogP contribution is -2.54. The Morgan fingerprint density at radius 3 is 2.12 bits per heavy atom. The molecule has 2 aromatic rings. The van der Waals surface area contributed by atoms with Crippen molar-refractivity contribution in [3.05, 3.63) is 59.7 Å². The van der Waals surface area contributed by atoms with E-state index in [2.05, 4.69) is 22.0 Å². The molecule has 6 heteroatoms. The number of carbonyl (C=O) groups excluding carboxylic acids is 2. The van der Waals surface area contributed by atoms with E-state index in [0.29, 0.717) is 0 Å². The van der Waals surface area contributed by atoms with E-state index in [1.807, 2.05) is 49.4 Å². The summed E-state index contributed by atoms with van der Waals surface area (Å²) in [5.74, 6) is 2.39. The molecule has 0 spiro atoms. The molecular formula is C27H34N4O2. The fourth-order valence-corrected chi connectivity index (χ4v) is 7.03. The third-order valence-electron chi connectivity index (χ3n) is 7.91. The number of nitrogens with two attached hydrogens (primary N) is 1. The molecule has 2 aromatic carbocycles. The number of carbonyl (C=O) groups is 2. The number of hydrogen-bond donors (Lipinski definition) is 4. The van der Waals surface area contributed by atoms with Crippen LogP contribution in [-0.4, -0.2) is 17.5 Å². The van der Waals surface area contributed by atoms with Gasteiger partial charge in [-0.3, -0.25) is 4.79 Å². The maximum atomic E-state index is 13.1. The Kier molecular flexibility index (Phi) is 5.77. The van der Waals surface area contributed by atoms with E-state index in [-0.39, 0.29) is 17.9 Å². The van der Waals surface area contributed by atoms with Crippen LogP contribution in [0.4, 0.5) is 16.2 Å². The second-order valence-electron chi connectivity index (χ2n) is 10.5. The molecule has 4 fully saturated rings. The van der Waals surface area contributed by atoms with Crippen LogP contribution in [0.2, 0.25) is 0 Å². The zero-order chi connectivity index (χ0) is 23.0. The van der Waals surface area contributed by atoms with Crippen molar-refractivity contribution in [3.63, 3.8) is 0 Å². The number of hydrogen-bond acceptors (Lipinski definition) is 3. The molecule has 3 amide bonds. The van der Waals surface area contributed by atoms with Crippen molar-refractivity contribution >= 4 is 23.3 Å². The van der Waals surface area contributed by atoms with Gasteiger partial charge in [0.2, 0.25) is 5.91 Å². The molecule has 1 atom stereocenters. The van der Waals surface area contributed by atoms with Gasteiger partial charge in [0.25, 0.3) is 0 Å². The first-order valence-corrected chi connectivity index (χ1v) is 12.2. The molecule has 1 unspecified atom stereocenters. The zero-order valence-corrected chi connectivity index (χ0v) is 19.3. The van der Waals surface area contributed by atoms with Gasteiger partial charge in [-0.25, -0.2) is 4.79 Å². The molecular weight excluding hydrogens is 412 g/mol. The molecule has 6 nitrogen and oxygen atoms in total. The van der Waals surface area contributed by atoms with Crippen LogP contribution in [0.5, 0.6) is 0 Å². The largest absolute Gasteiger partial charge is 0.378 e. The van der Waals surface area contributed by atoms with Crippen LogP contribution in [0, 0.1) is 24.7 Å². The van der Waals surface area contributed by atoms with Crippen LogP contribution in [-0.2, 0) is 4.79 Å². The minimum atomic E-state index is -0.639. The van der Waals surface area contributed by atoms with Gasteiger partial charge in [0.05, 0.1) is 23.8 Å². The van der Waals surface area contributed by atoms with Crippen LogP contribution in [0.1, 0.15) is 62.1 Å². The molecule has 6 rings (SSSR count). The van der Waals surface area contributed by atoms with Gasteiger partial charge in [0.1, 0.15) is 0 Å². The van der Waals surface area contributed by atoms with Crippen LogP contribution < -0.4 is 21.7 Å². The van der Waals surface area contributed by atoms with Crippen molar-refractivity contribution in [2.45, 2.75) is 63.5 Å². The third kappa shape index (κ3) is 4.70. The standard InChI is InChI=1S/C27H34N4O2/c1-17-6-2-3-7-21(17)24(30-26(28)33)13-25(32)29-22-8-4-5-9-23(22)31-27-14-18-10-19(15-27)12-20(11-18)16-27/h2-9,18-20,24,31H,10-16H2,1H3,(H,29,32)(H3,28,30,33). The first-order chi connectivity index (χ1) is 15.9. The van der Waals surface area contributed by atoms with Gasteiger partial charge in [-0.05, 0) is 86.5 Å². The number of urea groups is 1. The maximum Gasteiger partial charge on any atom is 0.312 e. The summed E-state index contributed by atoms with van der Waals surface area (Å²) in [6.07, 6.45) is 8.00. The average molecular weight is 447 g/mol. The SMILES string of the molecule is Cc1ccccc1C(CC(=O)Nc1ccccc1NC12CC3CC(CC(C3)C1)C2)NC(N)=O. The number of para-hydroxylation sites is 2. The summed E-state index contributed by atoms with van der Waals surface area (Å²) in [4.78, 5) is 24.7. The van der Waals surface area contributed by atoms with E-state index >= 15 is 0 Å². The third-order valence-corrected chi connectivity index (χ3v) is 7.91. The maximum absolute atomic E-state index is 13.1. The van der Waals surface area contributed by atoms with E-state index in [0.717, 1.165) is 40.3 Å². The van der Waals surface area contributed by atoms with E-state index in [1.54, 1.807) is 0 Å². The van der Waals surface area contributed by atoms with Gasteiger partial charge in [0, 0.05) is 5.54 Å². The molecule has 4 aliphatic carbocycles. The number of nitrogens with one attached hydrogen (secondary N) is 3. The minimum Gasteiger partial charge on any atom is -0.378 e. The van der Waals surface area contributed by atoms with E-state index in [1.165, 1.54) is 38.5 Å². The number of primary amides is 1. The highest BCUT2D eigenvalue weighted by atomic mass is 16.2. The van der Waals surface area contributed by atoms with Gasteiger partial charge in [-0.1, -0.05) is 36.4 Å². The van der Waals surface area contributed by atoms with Gasteiger partial charge in [-0.2, -0.15) is 0 Å². The van der Waals surface area contributed by atoms with Crippen molar-refractivity contribution in [2.24, 2.45) is 23.5 Å². The van der Waals surface area contributed by atoms with Crippen molar-refractivity contribution < 1.29 is 9.59 Å². The number of amides is 3. The summed E-state index contributed by atoms with van der Waals surface area (Å²) >= 11 is 0. The van der Waals surface area contributed by atoms with Crippen molar-refractivity contribution in [2.75, 3.05) is 10.6 Å². The Bertz CT molecular complexity index is 1010. The number of aryl methyl sites for hydroxylation is 1. The molecule has 0 aliphatic heterocycles. The van der Waals surface area contributed by atoms with Crippen LogP contribution in [0.3, 0.4) is 0 Å². The molecule has 0 heterocycles. The van der Waals surface area contributed by atoms with Gasteiger partial charge < -0.3 is 21.7 Å². The highest BCUT2D eigenvalue weighted by molar-refractivity contribution is 5.95. The monoisotopic (exact) mass is 446 g/mol. The topological polar surface area (TPSA) is 96.2 Å². The molecule has 5 N–H and O–H groups in total. The number of anilines is 2. The molecule has 0 aromatic heterocycles. The predicted octanol–water partition coefficient (Wildman–Crippen LogP) is 5.11. The van der Waals surface area contributed by atoms with Crippen molar-refractivity contribution in [1.29, 1.82) is 0 Å². The summed E-state index contributed by atoms with van der Waals surface area (Å²) in [7, 11) is 0. The first-order valence-electron chi connectivity index (χ1n) is 12.2. The summed E-state index contributed by atoms with van der Waals surface area (Å²) in [5, 5.41) is 9.71. The molecule has 0 saturated heterocycles. The predicted molar refractivity (Wildman–Crippen MR) is 131 cm³/mol. The molecule has 174 valence electrons. The lowest BCUT2D eigenvalue weighted by atomic mass is 9.53. The Labute approximate surface area is 195 Å². The highest BCUT2D eigenvalue weighted by Crippen LogP contribution is 2.56. The van der Waals surface area contributed by atoms with Crippen LogP contribution in [0.25, 0.3) is 0 Å². The van der Waals surface area contributed by atoms with E-state index in [9.17, 15) is 9.59 Å². The number of benzene rings is 2. The van der Waals surface area contributed by atoms with E-state index in [4.69, 9.17) is 5.73 Å². The smallest absolute Gasteiger partial charge is 0.312 e. The normalized spacial score (nSPS) is 28.2. The summed E-state index contributed by atoms with van der Waals surface area (Å²) in [6.45, 7) is 1.97. The molecule has 33 heavy (non-hydrogen) atoms. The highest BCUT2D eigenvalue weighted by Gasteiger charge is 2.51. The first kappa shape index (κ1) is 21.8. The van der Waals surface area contributed by atoms with Gasteiger partial charge >= 0.3 is 6.03 Å². The van der Waals surface area contributed by atoms with Crippen LogP contribution in [0.15, 0.2) is 48.5 Å². The van der Waals surface area contributed by atoms with Crippen molar-refractivity contribution in [1.82, 2.24) is 5.32 Å². The van der Waals surface area contributed by atoms with Gasteiger partial charge in [-0.15, -0.1) is 0 Å².